The van der Waals surface area contributed by atoms with Gasteiger partial charge in [0, 0.05) is 0 Å². The van der Waals surface area contributed by atoms with Gasteiger partial charge in [-0.3, -0.25) is 4.84 Å². The Morgan fingerprint density at radius 2 is 1.94 bits per heavy atom. The summed E-state index contributed by atoms with van der Waals surface area (Å²) in [6.07, 6.45) is 2.31. The van der Waals surface area contributed by atoms with E-state index in [1.807, 2.05) is 19.1 Å². The number of hydrogen-bond donors (Lipinski definition) is 1. The van der Waals surface area contributed by atoms with Crippen LogP contribution in [0.5, 0.6) is 0 Å². The van der Waals surface area contributed by atoms with E-state index in [1.165, 1.54) is 7.11 Å². The van der Waals surface area contributed by atoms with E-state index in [4.69, 9.17) is 0 Å². The van der Waals surface area contributed by atoms with Crippen LogP contribution in [0.4, 0.5) is 0 Å². The average molecular weight is 255 g/mol. The molecule has 0 atom stereocenters. The Hall–Kier alpha value is -0.910. The van der Waals surface area contributed by atoms with E-state index in [0.29, 0.717) is 10.8 Å². The summed E-state index contributed by atoms with van der Waals surface area (Å²) in [5, 5.41) is 0. The number of aryl methyl sites for hydroxylation is 1. The van der Waals surface area contributed by atoms with Crippen molar-refractivity contribution in [3.05, 3.63) is 28.8 Å². The molecule has 94 valence electrons. The van der Waals surface area contributed by atoms with Gasteiger partial charge in [-0.2, -0.15) is 0 Å². The quantitative estimate of drug-likeness (QED) is 0.837. The Morgan fingerprint density at radius 3 is 2.47 bits per heavy atom. The van der Waals surface area contributed by atoms with E-state index in [1.54, 1.807) is 6.92 Å². The van der Waals surface area contributed by atoms with Crippen LogP contribution in [0.15, 0.2) is 17.0 Å². The molecule has 1 saturated carbocycles. The van der Waals surface area contributed by atoms with E-state index in [0.717, 1.165) is 29.5 Å². The van der Waals surface area contributed by atoms with Crippen molar-refractivity contribution < 1.29 is 13.3 Å². The van der Waals surface area contributed by atoms with Crippen molar-refractivity contribution in [1.82, 2.24) is 4.89 Å². The summed E-state index contributed by atoms with van der Waals surface area (Å²) in [6.45, 7) is 3.67. The minimum atomic E-state index is -3.57. The van der Waals surface area contributed by atoms with Gasteiger partial charge in [0.2, 0.25) is 0 Å². The first-order valence-electron chi connectivity index (χ1n) is 5.62. The number of sulfonamides is 1. The zero-order valence-corrected chi connectivity index (χ0v) is 11.1. The molecule has 1 fully saturated rings. The first-order valence-corrected chi connectivity index (χ1v) is 7.10. The largest absolute Gasteiger partial charge is 0.290 e. The third-order valence-electron chi connectivity index (χ3n) is 3.12. The predicted octanol–water partition coefficient (Wildman–Crippen LogP) is 2.02. The van der Waals surface area contributed by atoms with Crippen LogP contribution >= 0.6 is 0 Å². The minimum Gasteiger partial charge on any atom is -0.290 e. The summed E-state index contributed by atoms with van der Waals surface area (Å²) < 4.78 is 24.1. The number of hydrogen-bond acceptors (Lipinski definition) is 3. The second kappa shape index (κ2) is 4.40. The maximum absolute atomic E-state index is 12.0. The molecule has 1 aliphatic carbocycles. The smallest absolute Gasteiger partial charge is 0.262 e. The molecule has 4 nitrogen and oxygen atoms in total. The highest BCUT2D eigenvalue weighted by Gasteiger charge is 2.29. The molecule has 0 radical (unpaired) electrons. The molecule has 5 heteroatoms. The van der Waals surface area contributed by atoms with Gasteiger partial charge in [-0.1, -0.05) is 17.0 Å². The van der Waals surface area contributed by atoms with E-state index < -0.39 is 10.0 Å². The third kappa shape index (κ3) is 2.36. The maximum atomic E-state index is 12.0. The standard InChI is InChI=1S/C12H17NO3S/c1-8-4-7-11(10-5-6-10)9(2)12(8)17(14,15)13-16-3/h4,7,10,13H,5-6H2,1-3H3. The summed E-state index contributed by atoms with van der Waals surface area (Å²) in [6, 6.07) is 3.90. The molecule has 0 bridgehead atoms. The zero-order chi connectivity index (χ0) is 12.6. The Bertz CT molecular complexity index is 533. The average Bonchev–Trinajstić information content (AvgIpc) is 3.00. The summed E-state index contributed by atoms with van der Waals surface area (Å²) in [4.78, 5) is 6.98. The SMILES string of the molecule is CONS(=O)(=O)c1c(C)ccc(C2CC2)c1C. The lowest BCUT2D eigenvalue weighted by Gasteiger charge is -2.14. The number of nitrogens with one attached hydrogen (secondary N) is 1. The van der Waals surface area contributed by atoms with Crippen LogP contribution in [-0.2, 0) is 14.9 Å². The fourth-order valence-corrected chi connectivity index (χ4v) is 3.56. The van der Waals surface area contributed by atoms with Gasteiger partial charge in [0.05, 0.1) is 12.0 Å². The summed E-state index contributed by atoms with van der Waals surface area (Å²) in [7, 11) is -2.27. The third-order valence-corrected chi connectivity index (χ3v) is 4.68. The lowest BCUT2D eigenvalue weighted by Crippen LogP contribution is -2.24. The molecule has 0 aliphatic heterocycles. The van der Waals surface area contributed by atoms with Crippen LogP contribution in [0.2, 0.25) is 0 Å². The molecule has 2 rings (SSSR count). The number of benzene rings is 1. The van der Waals surface area contributed by atoms with E-state index in [2.05, 4.69) is 9.72 Å². The molecule has 1 aromatic rings. The van der Waals surface area contributed by atoms with E-state index in [-0.39, 0.29) is 0 Å². The van der Waals surface area contributed by atoms with Gasteiger partial charge in [-0.05, 0) is 49.3 Å². The maximum Gasteiger partial charge on any atom is 0.262 e. The fraction of sp³-hybridized carbons (Fsp3) is 0.500. The molecule has 0 heterocycles. The van der Waals surface area contributed by atoms with Crippen LogP contribution < -0.4 is 4.89 Å². The monoisotopic (exact) mass is 255 g/mol. The van der Waals surface area contributed by atoms with Crippen LogP contribution in [0, 0.1) is 13.8 Å². The molecule has 0 saturated heterocycles. The van der Waals surface area contributed by atoms with Gasteiger partial charge in [0.1, 0.15) is 0 Å². The summed E-state index contributed by atoms with van der Waals surface area (Å²) >= 11 is 0. The molecule has 1 aromatic carbocycles. The molecule has 1 N–H and O–H groups in total. The van der Waals surface area contributed by atoms with E-state index in [9.17, 15) is 8.42 Å². The molecule has 1 aliphatic rings. The van der Waals surface area contributed by atoms with E-state index >= 15 is 0 Å². The Labute approximate surface area is 102 Å². The molecule has 0 aromatic heterocycles. The van der Waals surface area contributed by atoms with Crippen molar-refractivity contribution in [3.63, 3.8) is 0 Å². The summed E-state index contributed by atoms with van der Waals surface area (Å²) in [5.41, 5.74) is 2.74. The number of rotatable bonds is 4. The lowest BCUT2D eigenvalue weighted by atomic mass is 10.0. The zero-order valence-electron chi connectivity index (χ0n) is 10.3. The van der Waals surface area contributed by atoms with Gasteiger partial charge in [-0.25, -0.2) is 8.42 Å². The van der Waals surface area contributed by atoms with Gasteiger partial charge in [0.25, 0.3) is 10.0 Å². The first kappa shape index (κ1) is 12.5. The molecular formula is C12H17NO3S. The van der Waals surface area contributed by atoms with Crippen LogP contribution in [0.3, 0.4) is 0 Å². The molecular weight excluding hydrogens is 238 g/mol. The Kier molecular flexibility index (Phi) is 3.25. The Balaban J connectivity index is 2.55. The predicted molar refractivity (Wildman–Crippen MR) is 65.2 cm³/mol. The molecule has 0 unspecified atom stereocenters. The van der Waals surface area contributed by atoms with Gasteiger partial charge in [-0.15, -0.1) is 0 Å². The van der Waals surface area contributed by atoms with Crippen LogP contribution in [0.1, 0.15) is 35.4 Å². The second-order valence-electron chi connectivity index (χ2n) is 4.49. The highest BCUT2D eigenvalue weighted by Crippen LogP contribution is 2.43. The fourth-order valence-electron chi connectivity index (χ4n) is 2.24. The first-order chi connectivity index (χ1) is 7.97. The van der Waals surface area contributed by atoms with Crippen molar-refractivity contribution in [1.29, 1.82) is 0 Å². The Morgan fingerprint density at radius 1 is 1.29 bits per heavy atom. The van der Waals surface area contributed by atoms with Crippen molar-refractivity contribution in [3.8, 4) is 0 Å². The van der Waals surface area contributed by atoms with Crippen LogP contribution in [0.25, 0.3) is 0 Å². The van der Waals surface area contributed by atoms with Crippen molar-refractivity contribution in [2.45, 2.75) is 37.5 Å². The van der Waals surface area contributed by atoms with Gasteiger partial charge >= 0.3 is 0 Å². The van der Waals surface area contributed by atoms with Crippen molar-refractivity contribution in [2.24, 2.45) is 0 Å². The minimum absolute atomic E-state index is 0.351. The molecule has 17 heavy (non-hydrogen) atoms. The normalized spacial score (nSPS) is 16.2. The highest BCUT2D eigenvalue weighted by atomic mass is 32.2. The topological polar surface area (TPSA) is 55.4 Å². The molecule has 0 spiro atoms. The van der Waals surface area contributed by atoms with Gasteiger partial charge in [0.15, 0.2) is 0 Å². The van der Waals surface area contributed by atoms with Gasteiger partial charge < -0.3 is 0 Å². The summed E-state index contributed by atoms with van der Waals surface area (Å²) in [5.74, 6) is 0.534. The van der Waals surface area contributed by atoms with Crippen molar-refractivity contribution >= 4 is 10.0 Å². The second-order valence-corrected chi connectivity index (χ2v) is 6.07. The lowest BCUT2D eigenvalue weighted by molar-refractivity contribution is 0.153. The highest BCUT2D eigenvalue weighted by molar-refractivity contribution is 7.89. The molecule has 0 amide bonds. The van der Waals surface area contributed by atoms with Crippen LogP contribution in [-0.4, -0.2) is 15.5 Å². The van der Waals surface area contributed by atoms with Crippen molar-refractivity contribution in [2.75, 3.05) is 7.11 Å².